The number of rotatable bonds is 9. The van der Waals surface area contributed by atoms with Crippen LogP contribution < -0.4 is 15.6 Å². The van der Waals surface area contributed by atoms with Gasteiger partial charge in [0, 0.05) is 43.2 Å². The third kappa shape index (κ3) is 5.43. The first-order valence-corrected chi connectivity index (χ1v) is 10.6. The monoisotopic (exact) mass is 429 g/mol. The predicted octanol–water partition coefficient (Wildman–Crippen LogP) is 2.12. The van der Waals surface area contributed by atoms with E-state index >= 15 is 0 Å². The van der Waals surface area contributed by atoms with E-state index in [1.807, 2.05) is 45.0 Å². The molecule has 0 atom stereocenters. The molecular weight excluding hydrogens is 402 g/mol. The smallest absolute Gasteiger partial charge is 0.262 e. The van der Waals surface area contributed by atoms with Gasteiger partial charge in [0.1, 0.15) is 11.4 Å². The Balaban J connectivity index is 1.53. The normalized spacial score (nSPS) is 11.2. The molecule has 3 aromatic heterocycles. The molecule has 1 amide bonds. The van der Waals surface area contributed by atoms with Crippen molar-refractivity contribution in [3.8, 4) is 5.88 Å². The number of aromatic nitrogens is 3. The minimum absolute atomic E-state index is 0.0942. The molecule has 0 bridgehead atoms. The largest absolute Gasteiger partial charge is 0.476 e. The summed E-state index contributed by atoms with van der Waals surface area (Å²) in [7, 11) is 3.96. The van der Waals surface area contributed by atoms with E-state index in [0.717, 1.165) is 27.4 Å². The van der Waals surface area contributed by atoms with Crippen LogP contribution in [0.1, 0.15) is 22.4 Å². The van der Waals surface area contributed by atoms with E-state index in [1.165, 1.54) is 22.2 Å². The second kappa shape index (κ2) is 9.82. The number of carbonyl (C=O) groups excluding carboxylic acids is 1. The fraction of sp³-hybridized carbons (Fsp3) is 0.429. The molecule has 3 aromatic rings. The Morgan fingerprint density at radius 2 is 2.10 bits per heavy atom. The van der Waals surface area contributed by atoms with Gasteiger partial charge in [0.25, 0.3) is 5.56 Å². The standard InChI is InChI=1S/C21H27N5O3S/c1-14-15(2)30-20-19(14)21(28)26(13-24-20)8-6-17(27)23-12-16-5-7-22-18(11-16)29-10-9-25(3)4/h5,7,11,13H,6,8-10,12H2,1-4H3,(H,23,27). The van der Waals surface area contributed by atoms with Crippen molar-refractivity contribution in [2.24, 2.45) is 0 Å². The van der Waals surface area contributed by atoms with E-state index in [9.17, 15) is 9.59 Å². The zero-order chi connectivity index (χ0) is 21.7. The molecule has 0 aliphatic heterocycles. The minimum atomic E-state index is -0.132. The lowest BCUT2D eigenvalue weighted by Gasteiger charge is -2.11. The van der Waals surface area contributed by atoms with Crippen LogP contribution in [0.4, 0.5) is 0 Å². The molecule has 160 valence electrons. The fourth-order valence-electron chi connectivity index (χ4n) is 2.91. The van der Waals surface area contributed by atoms with Crippen LogP contribution in [0.5, 0.6) is 5.88 Å². The highest BCUT2D eigenvalue weighted by molar-refractivity contribution is 7.18. The molecule has 0 unspecified atom stereocenters. The van der Waals surface area contributed by atoms with Gasteiger partial charge < -0.3 is 15.0 Å². The van der Waals surface area contributed by atoms with Crippen molar-refractivity contribution in [3.63, 3.8) is 0 Å². The molecule has 0 aromatic carbocycles. The van der Waals surface area contributed by atoms with Crippen LogP contribution in [0.15, 0.2) is 29.5 Å². The van der Waals surface area contributed by atoms with Crippen LogP contribution in [-0.2, 0) is 17.9 Å². The lowest BCUT2D eigenvalue weighted by molar-refractivity contribution is -0.121. The summed E-state index contributed by atoms with van der Waals surface area (Å²) in [4.78, 5) is 37.4. The van der Waals surface area contributed by atoms with Crippen molar-refractivity contribution >= 4 is 27.5 Å². The molecule has 0 spiro atoms. The number of aryl methyl sites for hydroxylation is 3. The van der Waals surface area contributed by atoms with Crippen molar-refractivity contribution in [1.29, 1.82) is 0 Å². The number of hydrogen-bond acceptors (Lipinski definition) is 7. The van der Waals surface area contributed by atoms with Crippen molar-refractivity contribution in [2.45, 2.75) is 33.4 Å². The van der Waals surface area contributed by atoms with Crippen LogP contribution in [0.2, 0.25) is 0 Å². The van der Waals surface area contributed by atoms with Gasteiger partial charge in [-0.2, -0.15) is 0 Å². The zero-order valence-corrected chi connectivity index (χ0v) is 18.6. The van der Waals surface area contributed by atoms with Gasteiger partial charge in [-0.25, -0.2) is 9.97 Å². The summed E-state index contributed by atoms with van der Waals surface area (Å²) < 4.78 is 7.12. The van der Waals surface area contributed by atoms with Crippen molar-refractivity contribution in [2.75, 3.05) is 27.2 Å². The number of nitrogens with one attached hydrogen (secondary N) is 1. The Morgan fingerprint density at radius 1 is 1.30 bits per heavy atom. The molecule has 0 aliphatic carbocycles. The summed E-state index contributed by atoms with van der Waals surface area (Å²) in [5.74, 6) is 0.406. The van der Waals surface area contributed by atoms with Crippen molar-refractivity contribution < 1.29 is 9.53 Å². The lowest BCUT2D eigenvalue weighted by atomic mass is 10.2. The first-order valence-electron chi connectivity index (χ1n) is 9.79. The van der Waals surface area contributed by atoms with E-state index in [2.05, 4.69) is 15.3 Å². The summed E-state index contributed by atoms with van der Waals surface area (Å²) in [6.07, 6.45) is 3.39. The summed E-state index contributed by atoms with van der Waals surface area (Å²) in [5.41, 5.74) is 1.78. The molecule has 0 aliphatic rings. The highest BCUT2D eigenvalue weighted by Crippen LogP contribution is 2.25. The minimum Gasteiger partial charge on any atom is -0.476 e. The quantitative estimate of drug-likeness (QED) is 0.560. The molecular formula is C21H27N5O3S. The van der Waals surface area contributed by atoms with E-state index in [0.29, 0.717) is 24.4 Å². The molecule has 0 radical (unpaired) electrons. The third-order valence-corrected chi connectivity index (χ3v) is 5.93. The number of hydrogen-bond donors (Lipinski definition) is 1. The average molecular weight is 430 g/mol. The highest BCUT2D eigenvalue weighted by Gasteiger charge is 2.12. The highest BCUT2D eigenvalue weighted by atomic mass is 32.1. The van der Waals surface area contributed by atoms with Crippen molar-refractivity contribution in [3.05, 3.63) is 51.0 Å². The SMILES string of the molecule is Cc1sc2ncn(CCC(=O)NCc3ccnc(OCCN(C)C)c3)c(=O)c2c1C. The second-order valence-electron chi connectivity index (χ2n) is 7.39. The summed E-state index contributed by atoms with van der Waals surface area (Å²) in [6, 6.07) is 3.66. The van der Waals surface area contributed by atoms with Crippen LogP contribution in [-0.4, -0.2) is 52.6 Å². The summed E-state index contributed by atoms with van der Waals surface area (Å²) in [6.45, 7) is 5.93. The van der Waals surface area contributed by atoms with E-state index in [4.69, 9.17) is 4.74 Å². The predicted molar refractivity (Wildman–Crippen MR) is 118 cm³/mol. The maximum absolute atomic E-state index is 12.7. The Hall–Kier alpha value is -2.78. The average Bonchev–Trinajstić information content (AvgIpc) is 3.00. The Kier molecular flexibility index (Phi) is 7.17. The number of amides is 1. The molecule has 3 heterocycles. The summed E-state index contributed by atoms with van der Waals surface area (Å²) >= 11 is 1.52. The molecule has 8 nitrogen and oxygen atoms in total. The Morgan fingerprint density at radius 3 is 2.87 bits per heavy atom. The van der Waals surface area contributed by atoms with E-state index < -0.39 is 0 Å². The molecule has 3 rings (SSSR count). The van der Waals surface area contributed by atoms with Crippen LogP contribution in [0, 0.1) is 13.8 Å². The fourth-order valence-corrected chi connectivity index (χ4v) is 3.90. The van der Waals surface area contributed by atoms with Gasteiger partial charge in [0.2, 0.25) is 11.8 Å². The Bertz CT molecular complexity index is 1090. The summed E-state index contributed by atoms with van der Waals surface area (Å²) in [5, 5.41) is 3.53. The number of carbonyl (C=O) groups is 1. The molecule has 0 saturated heterocycles. The number of ether oxygens (including phenoxy) is 1. The lowest BCUT2D eigenvalue weighted by Crippen LogP contribution is -2.27. The van der Waals surface area contributed by atoms with Gasteiger partial charge in [-0.15, -0.1) is 11.3 Å². The van der Waals surface area contributed by atoms with E-state index in [1.54, 1.807) is 6.20 Å². The molecule has 0 saturated carbocycles. The molecule has 9 heteroatoms. The third-order valence-electron chi connectivity index (χ3n) is 4.81. The van der Waals surface area contributed by atoms with Crippen LogP contribution in [0.3, 0.4) is 0 Å². The van der Waals surface area contributed by atoms with Crippen LogP contribution >= 0.6 is 11.3 Å². The van der Waals surface area contributed by atoms with Gasteiger partial charge in [-0.3, -0.25) is 14.2 Å². The zero-order valence-electron chi connectivity index (χ0n) is 17.8. The van der Waals surface area contributed by atoms with Crippen molar-refractivity contribution in [1.82, 2.24) is 24.8 Å². The Labute approximate surface area is 179 Å². The molecule has 0 fully saturated rings. The number of fused-ring (bicyclic) bond motifs is 1. The van der Waals surface area contributed by atoms with Crippen LogP contribution in [0.25, 0.3) is 10.2 Å². The number of pyridine rings is 1. The first-order chi connectivity index (χ1) is 14.3. The maximum atomic E-state index is 12.7. The van der Waals surface area contributed by atoms with Gasteiger partial charge in [0.15, 0.2) is 0 Å². The number of likely N-dealkylation sites (N-methyl/N-ethyl adjacent to an activating group) is 1. The maximum Gasteiger partial charge on any atom is 0.262 e. The molecule has 1 N–H and O–H groups in total. The first kappa shape index (κ1) is 21.9. The van der Waals surface area contributed by atoms with Gasteiger partial charge in [-0.05, 0) is 45.1 Å². The van der Waals surface area contributed by atoms with Gasteiger partial charge in [0.05, 0.1) is 11.7 Å². The number of thiophene rings is 1. The topological polar surface area (TPSA) is 89.3 Å². The number of nitrogens with zero attached hydrogens (tertiary/aromatic N) is 4. The second-order valence-corrected chi connectivity index (χ2v) is 8.59. The van der Waals surface area contributed by atoms with E-state index in [-0.39, 0.29) is 24.4 Å². The van der Waals surface area contributed by atoms with Gasteiger partial charge >= 0.3 is 0 Å². The van der Waals surface area contributed by atoms with Gasteiger partial charge in [-0.1, -0.05) is 0 Å². The molecule has 30 heavy (non-hydrogen) atoms.